The summed E-state index contributed by atoms with van der Waals surface area (Å²) >= 11 is 0. The molecule has 162 valence electrons. The van der Waals surface area contributed by atoms with Crippen LogP contribution in [0.5, 0.6) is 11.5 Å². The lowest BCUT2D eigenvalue weighted by Gasteiger charge is -2.22. The summed E-state index contributed by atoms with van der Waals surface area (Å²) in [4.78, 5) is 12.2. The Kier molecular flexibility index (Phi) is 7.88. The van der Waals surface area contributed by atoms with E-state index in [4.69, 9.17) is 20.6 Å². The van der Waals surface area contributed by atoms with Gasteiger partial charge in [0.15, 0.2) is 17.5 Å². The number of carbonyl (C=O) groups is 1. The van der Waals surface area contributed by atoms with Crippen LogP contribution in [0.2, 0.25) is 0 Å². The Bertz CT molecular complexity index is 1060. The second kappa shape index (κ2) is 10.4. The van der Waals surface area contributed by atoms with Gasteiger partial charge in [-0.05, 0) is 53.1 Å². The van der Waals surface area contributed by atoms with E-state index in [9.17, 15) is 9.90 Å². The van der Waals surface area contributed by atoms with Gasteiger partial charge in [0.25, 0.3) is 0 Å². The highest BCUT2D eigenvalue weighted by Gasteiger charge is 2.26. The van der Waals surface area contributed by atoms with E-state index in [1.54, 1.807) is 36.4 Å². The van der Waals surface area contributed by atoms with Crippen LogP contribution in [0.1, 0.15) is 17.2 Å². The molecule has 31 heavy (non-hydrogen) atoms. The molecule has 5 N–H and O–H groups in total. The molecule has 1 atom stereocenters. The van der Waals surface area contributed by atoms with E-state index in [1.165, 1.54) is 14.2 Å². The third kappa shape index (κ3) is 5.26. The normalized spacial score (nSPS) is 11.0. The van der Waals surface area contributed by atoms with E-state index in [0.717, 1.165) is 5.56 Å². The number of hydrogen-bond acceptors (Lipinski definition) is 5. The van der Waals surface area contributed by atoms with E-state index in [1.807, 2.05) is 30.3 Å². The van der Waals surface area contributed by atoms with Crippen molar-refractivity contribution in [2.75, 3.05) is 19.5 Å². The molecule has 0 fully saturated rings. The maximum absolute atomic E-state index is 12.2. The van der Waals surface area contributed by atoms with E-state index in [-0.39, 0.29) is 18.2 Å². The summed E-state index contributed by atoms with van der Waals surface area (Å²) in [6.45, 7) is 0. The predicted molar refractivity (Wildman–Crippen MR) is 124 cm³/mol. The zero-order valence-electron chi connectivity index (χ0n) is 17.1. The molecule has 0 radical (unpaired) electrons. The van der Waals surface area contributed by atoms with Crippen molar-refractivity contribution in [1.82, 2.24) is 0 Å². The lowest BCUT2D eigenvalue weighted by Crippen LogP contribution is -2.21. The summed E-state index contributed by atoms with van der Waals surface area (Å²) in [5.74, 6) is -0.153. The third-order valence-electron chi connectivity index (χ3n) is 4.71. The monoisotopic (exact) mass is 441 g/mol. The first kappa shape index (κ1) is 23.6. The molecule has 7 nitrogen and oxygen atoms in total. The van der Waals surface area contributed by atoms with Gasteiger partial charge >= 0.3 is 5.97 Å². The van der Waals surface area contributed by atoms with Crippen molar-refractivity contribution < 1.29 is 19.4 Å². The van der Waals surface area contributed by atoms with E-state index in [2.05, 4.69) is 5.32 Å². The first-order chi connectivity index (χ1) is 14.4. The van der Waals surface area contributed by atoms with Crippen LogP contribution < -0.4 is 20.5 Å². The summed E-state index contributed by atoms with van der Waals surface area (Å²) < 4.78 is 10.8. The van der Waals surface area contributed by atoms with Crippen LogP contribution >= 0.6 is 12.4 Å². The quantitative estimate of drug-likeness (QED) is 0.305. The van der Waals surface area contributed by atoms with Gasteiger partial charge in [-0.25, -0.2) is 4.79 Å². The number of benzene rings is 3. The molecule has 0 spiro atoms. The molecule has 0 saturated heterocycles. The summed E-state index contributed by atoms with van der Waals surface area (Å²) in [5, 5.41) is 20.6. The highest BCUT2D eigenvalue weighted by Crippen LogP contribution is 2.39. The molecule has 3 aromatic rings. The van der Waals surface area contributed by atoms with Crippen molar-refractivity contribution in [3.8, 4) is 22.6 Å². The maximum atomic E-state index is 12.2. The standard InChI is InChI=1S/C23H23N3O4.ClH/c1-29-19-12-17(14-6-4-3-5-7-14)18(13-20(19)30-2)21(23(27)28)26-16-10-8-15(9-11-16)22(24)25;/h3-13,21,26H,1-2H3,(H3,24,25)(H,27,28);1H. The van der Waals surface area contributed by atoms with Crippen molar-refractivity contribution in [3.63, 3.8) is 0 Å². The molecular weight excluding hydrogens is 418 g/mol. The van der Waals surface area contributed by atoms with Gasteiger partial charge in [0, 0.05) is 11.3 Å². The number of halogens is 1. The van der Waals surface area contributed by atoms with Crippen molar-refractivity contribution in [3.05, 3.63) is 77.9 Å². The number of amidine groups is 1. The molecule has 0 aliphatic carbocycles. The largest absolute Gasteiger partial charge is 0.493 e. The molecule has 3 aromatic carbocycles. The Hall–Kier alpha value is -3.71. The number of anilines is 1. The minimum absolute atomic E-state index is 0. The summed E-state index contributed by atoms with van der Waals surface area (Å²) in [5.41, 5.74) is 8.74. The molecule has 0 amide bonds. The first-order valence-electron chi connectivity index (χ1n) is 9.19. The molecule has 0 bridgehead atoms. The summed E-state index contributed by atoms with van der Waals surface area (Å²) in [6.07, 6.45) is 0. The fraction of sp³-hybridized carbons (Fsp3) is 0.130. The number of methoxy groups -OCH3 is 2. The van der Waals surface area contributed by atoms with Crippen molar-refractivity contribution in [2.24, 2.45) is 5.73 Å². The number of ether oxygens (including phenoxy) is 2. The number of nitrogens with one attached hydrogen (secondary N) is 2. The summed E-state index contributed by atoms with van der Waals surface area (Å²) in [7, 11) is 3.04. The molecule has 8 heteroatoms. The van der Waals surface area contributed by atoms with Gasteiger partial charge in [0.2, 0.25) is 0 Å². The van der Waals surface area contributed by atoms with Crippen LogP contribution in [0.25, 0.3) is 11.1 Å². The fourth-order valence-corrected chi connectivity index (χ4v) is 3.19. The lowest BCUT2D eigenvalue weighted by atomic mass is 9.93. The van der Waals surface area contributed by atoms with Gasteiger partial charge < -0.3 is 25.6 Å². The summed E-state index contributed by atoms with van der Waals surface area (Å²) in [6, 6.07) is 18.6. The van der Waals surface area contributed by atoms with E-state index < -0.39 is 12.0 Å². The van der Waals surface area contributed by atoms with Crippen LogP contribution in [-0.4, -0.2) is 31.1 Å². The second-order valence-electron chi connectivity index (χ2n) is 6.57. The number of carboxylic acids is 1. The highest BCUT2D eigenvalue weighted by molar-refractivity contribution is 5.95. The van der Waals surface area contributed by atoms with E-state index in [0.29, 0.717) is 33.9 Å². The number of aliphatic carboxylic acids is 1. The van der Waals surface area contributed by atoms with Crippen molar-refractivity contribution >= 4 is 29.9 Å². The van der Waals surface area contributed by atoms with Gasteiger partial charge in [-0.15, -0.1) is 12.4 Å². The number of nitrogens with two attached hydrogens (primary N) is 1. The van der Waals surface area contributed by atoms with Crippen LogP contribution in [0, 0.1) is 5.41 Å². The minimum atomic E-state index is -1.05. The number of rotatable bonds is 8. The third-order valence-corrected chi connectivity index (χ3v) is 4.71. The van der Waals surface area contributed by atoms with Crippen LogP contribution in [0.4, 0.5) is 5.69 Å². The van der Waals surface area contributed by atoms with Gasteiger partial charge in [-0.3, -0.25) is 5.41 Å². The zero-order valence-corrected chi connectivity index (χ0v) is 17.9. The smallest absolute Gasteiger partial charge is 0.330 e. The van der Waals surface area contributed by atoms with Crippen molar-refractivity contribution in [1.29, 1.82) is 5.41 Å². The number of hydrogen-bond donors (Lipinski definition) is 4. The second-order valence-corrected chi connectivity index (χ2v) is 6.57. The van der Waals surface area contributed by atoms with Gasteiger partial charge in [0.1, 0.15) is 5.84 Å². The molecule has 0 saturated carbocycles. The topological polar surface area (TPSA) is 118 Å². The fourth-order valence-electron chi connectivity index (χ4n) is 3.19. The number of carboxylic acid groups (broad SMARTS) is 1. The average molecular weight is 442 g/mol. The number of nitrogen functional groups attached to an aromatic ring is 1. The predicted octanol–water partition coefficient (Wildman–Crippen LogP) is 4.31. The highest BCUT2D eigenvalue weighted by atomic mass is 35.5. The zero-order chi connectivity index (χ0) is 21.7. The van der Waals surface area contributed by atoms with Crippen LogP contribution in [0.3, 0.4) is 0 Å². The van der Waals surface area contributed by atoms with Gasteiger partial charge in [-0.1, -0.05) is 30.3 Å². The molecule has 0 heterocycles. The van der Waals surface area contributed by atoms with E-state index >= 15 is 0 Å². The SMILES string of the molecule is COc1cc(-c2ccccc2)c(C(Nc2ccc(C(=N)N)cc2)C(=O)O)cc1OC.Cl. The average Bonchev–Trinajstić information content (AvgIpc) is 2.77. The van der Waals surface area contributed by atoms with Crippen LogP contribution in [-0.2, 0) is 4.79 Å². The minimum Gasteiger partial charge on any atom is -0.493 e. The lowest BCUT2D eigenvalue weighted by molar-refractivity contribution is -0.138. The molecule has 0 aliphatic heterocycles. The molecule has 0 aliphatic rings. The van der Waals surface area contributed by atoms with Gasteiger partial charge in [0.05, 0.1) is 14.2 Å². The molecular formula is C23H24ClN3O4. The molecule has 3 rings (SSSR count). The Balaban J connectivity index is 0.00000341. The van der Waals surface area contributed by atoms with Crippen LogP contribution in [0.15, 0.2) is 66.7 Å². The van der Waals surface area contributed by atoms with Crippen molar-refractivity contribution in [2.45, 2.75) is 6.04 Å². The Morgan fingerprint density at radius 1 is 1.00 bits per heavy atom. The Morgan fingerprint density at radius 3 is 2.10 bits per heavy atom. The Morgan fingerprint density at radius 2 is 1.58 bits per heavy atom. The Labute approximate surface area is 186 Å². The maximum Gasteiger partial charge on any atom is 0.330 e. The first-order valence-corrected chi connectivity index (χ1v) is 9.19. The van der Waals surface area contributed by atoms with Gasteiger partial charge in [-0.2, -0.15) is 0 Å². The molecule has 1 unspecified atom stereocenters. The molecule has 0 aromatic heterocycles.